The highest BCUT2D eigenvalue weighted by Gasteiger charge is 2.16. The number of benzene rings is 1. The zero-order valence-electron chi connectivity index (χ0n) is 11.0. The van der Waals surface area contributed by atoms with Crippen LogP contribution in [0.25, 0.3) is 0 Å². The van der Waals surface area contributed by atoms with Gasteiger partial charge in [-0.2, -0.15) is 0 Å². The van der Waals surface area contributed by atoms with Gasteiger partial charge < -0.3 is 19.9 Å². The van der Waals surface area contributed by atoms with E-state index in [4.69, 9.17) is 14.6 Å². The van der Waals surface area contributed by atoms with Gasteiger partial charge in [-0.3, -0.25) is 10.1 Å². The molecule has 0 heterocycles. The fourth-order valence-corrected chi connectivity index (χ4v) is 1.47. The van der Waals surface area contributed by atoms with Crippen LogP contribution in [0.2, 0.25) is 0 Å². The molecule has 0 aromatic heterocycles. The van der Waals surface area contributed by atoms with Gasteiger partial charge in [0.05, 0.1) is 30.3 Å². The van der Waals surface area contributed by atoms with Gasteiger partial charge in [-0.25, -0.2) is 4.79 Å². The molecule has 0 aliphatic rings. The maximum Gasteiger partial charge on any atom is 0.335 e. The minimum absolute atomic E-state index is 0.126. The Morgan fingerprint density at radius 3 is 2.75 bits per heavy atom. The smallest absolute Gasteiger partial charge is 0.335 e. The Hall–Kier alpha value is -2.19. The summed E-state index contributed by atoms with van der Waals surface area (Å²) in [6.45, 7) is 1.66. The number of methoxy groups -OCH3 is 1. The first-order valence-electron chi connectivity index (χ1n) is 5.88. The lowest BCUT2D eigenvalue weighted by Gasteiger charge is -2.08. The first-order chi connectivity index (χ1) is 9.56. The van der Waals surface area contributed by atoms with Crippen LogP contribution in [-0.4, -0.2) is 49.5 Å². The quantitative estimate of drug-likeness (QED) is 0.400. The average molecular weight is 284 g/mol. The lowest BCUT2D eigenvalue weighted by molar-refractivity contribution is -0.384. The molecule has 0 aliphatic carbocycles. The monoisotopic (exact) mass is 284 g/mol. The molecule has 0 saturated carbocycles. The zero-order valence-corrected chi connectivity index (χ0v) is 11.0. The van der Waals surface area contributed by atoms with E-state index in [-0.39, 0.29) is 16.9 Å². The number of nitro benzene ring substituents is 1. The number of hydrogen-bond acceptors (Lipinski definition) is 6. The first-order valence-corrected chi connectivity index (χ1v) is 5.88. The lowest BCUT2D eigenvalue weighted by Crippen LogP contribution is -2.13. The molecule has 8 nitrogen and oxygen atoms in total. The number of nitrogens with zero attached hydrogens (tertiary/aromatic N) is 1. The van der Waals surface area contributed by atoms with Gasteiger partial charge in [-0.05, 0) is 12.1 Å². The summed E-state index contributed by atoms with van der Waals surface area (Å²) in [5.74, 6) is -1.21. The topological polar surface area (TPSA) is 111 Å². The van der Waals surface area contributed by atoms with Crippen molar-refractivity contribution >= 4 is 17.3 Å². The van der Waals surface area contributed by atoms with Gasteiger partial charge in [0.2, 0.25) is 0 Å². The van der Waals surface area contributed by atoms with Crippen molar-refractivity contribution in [1.29, 1.82) is 0 Å². The van der Waals surface area contributed by atoms with Crippen molar-refractivity contribution in [2.75, 3.05) is 38.8 Å². The second-order valence-electron chi connectivity index (χ2n) is 3.83. The van der Waals surface area contributed by atoms with Crippen LogP contribution in [0.3, 0.4) is 0 Å². The molecule has 0 radical (unpaired) electrons. The highest BCUT2D eigenvalue weighted by molar-refractivity contribution is 5.89. The molecule has 110 valence electrons. The second-order valence-corrected chi connectivity index (χ2v) is 3.83. The maximum atomic E-state index is 10.9. The summed E-state index contributed by atoms with van der Waals surface area (Å²) in [5, 5.41) is 22.5. The van der Waals surface area contributed by atoms with E-state index in [1.807, 2.05) is 0 Å². The molecular formula is C12H16N2O6. The number of anilines is 1. The zero-order chi connectivity index (χ0) is 15.0. The van der Waals surface area contributed by atoms with E-state index >= 15 is 0 Å². The standard InChI is InChI=1S/C12H16N2O6/c1-19-6-7-20-5-4-13-10-3-2-9(12(15)16)8-11(10)14(17)18/h2-3,8,13H,4-7H2,1H3,(H,15,16). The van der Waals surface area contributed by atoms with E-state index in [0.29, 0.717) is 26.4 Å². The second kappa shape index (κ2) is 8.08. The van der Waals surface area contributed by atoms with Crippen LogP contribution in [0.5, 0.6) is 0 Å². The number of carboxylic acid groups (broad SMARTS) is 1. The molecule has 0 fully saturated rings. The molecule has 1 aromatic carbocycles. The lowest BCUT2D eigenvalue weighted by atomic mass is 10.1. The van der Waals surface area contributed by atoms with Gasteiger partial charge in [0.25, 0.3) is 5.69 Å². The van der Waals surface area contributed by atoms with Crippen molar-refractivity contribution in [2.45, 2.75) is 0 Å². The predicted molar refractivity (Wildman–Crippen MR) is 71.2 cm³/mol. The van der Waals surface area contributed by atoms with Crippen molar-refractivity contribution in [3.05, 3.63) is 33.9 Å². The molecular weight excluding hydrogens is 268 g/mol. The van der Waals surface area contributed by atoms with Crippen molar-refractivity contribution in [3.63, 3.8) is 0 Å². The normalized spacial score (nSPS) is 10.2. The van der Waals surface area contributed by atoms with Gasteiger partial charge in [0, 0.05) is 19.7 Å². The summed E-state index contributed by atoms with van der Waals surface area (Å²) in [4.78, 5) is 21.0. The largest absolute Gasteiger partial charge is 0.478 e. The van der Waals surface area contributed by atoms with Crippen LogP contribution in [0.15, 0.2) is 18.2 Å². The van der Waals surface area contributed by atoms with Crippen LogP contribution in [-0.2, 0) is 9.47 Å². The van der Waals surface area contributed by atoms with Crippen molar-refractivity contribution < 1.29 is 24.3 Å². The number of carbonyl (C=O) groups is 1. The molecule has 1 rings (SSSR count). The fourth-order valence-electron chi connectivity index (χ4n) is 1.47. The third-order valence-corrected chi connectivity index (χ3v) is 2.44. The van der Waals surface area contributed by atoms with E-state index < -0.39 is 10.9 Å². The maximum absolute atomic E-state index is 10.9. The van der Waals surface area contributed by atoms with Crippen LogP contribution >= 0.6 is 0 Å². The van der Waals surface area contributed by atoms with Crippen LogP contribution in [0.1, 0.15) is 10.4 Å². The third kappa shape index (κ3) is 4.82. The van der Waals surface area contributed by atoms with Crippen LogP contribution in [0.4, 0.5) is 11.4 Å². The van der Waals surface area contributed by atoms with E-state index in [2.05, 4.69) is 5.32 Å². The Balaban J connectivity index is 2.60. The number of carboxylic acids is 1. The number of nitrogens with one attached hydrogen (secondary N) is 1. The molecule has 20 heavy (non-hydrogen) atoms. The average Bonchev–Trinajstić information content (AvgIpc) is 2.42. The molecule has 0 spiro atoms. The highest BCUT2D eigenvalue weighted by Crippen LogP contribution is 2.25. The summed E-state index contributed by atoms with van der Waals surface area (Å²) >= 11 is 0. The third-order valence-electron chi connectivity index (χ3n) is 2.44. The van der Waals surface area contributed by atoms with Gasteiger partial charge in [-0.15, -0.1) is 0 Å². The Labute approximate surface area is 115 Å². The Morgan fingerprint density at radius 2 is 2.15 bits per heavy atom. The molecule has 0 bridgehead atoms. The van der Waals surface area contributed by atoms with Gasteiger partial charge >= 0.3 is 5.97 Å². The number of aromatic carboxylic acids is 1. The number of nitro groups is 1. The van der Waals surface area contributed by atoms with Crippen molar-refractivity contribution in [1.82, 2.24) is 0 Å². The SMILES string of the molecule is COCCOCCNc1ccc(C(=O)O)cc1[N+](=O)[O-]. The van der Waals surface area contributed by atoms with Crippen molar-refractivity contribution in [2.24, 2.45) is 0 Å². The van der Waals surface area contributed by atoms with E-state index in [1.165, 1.54) is 12.1 Å². The van der Waals surface area contributed by atoms with Crippen LogP contribution in [0, 0.1) is 10.1 Å². The molecule has 0 aliphatic heterocycles. The van der Waals surface area contributed by atoms with Gasteiger partial charge in [-0.1, -0.05) is 0 Å². The highest BCUT2D eigenvalue weighted by atomic mass is 16.6. The van der Waals surface area contributed by atoms with Crippen LogP contribution < -0.4 is 5.32 Å². The Morgan fingerprint density at radius 1 is 1.40 bits per heavy atom. The van der Waals surface area contributed by atoms with Gasteiger partial charge in [0.15, 0.2) is 0 Å². The summed E-state index contributed by atoms with van der Waals surface area (Å²) in [6.07, 6.45) is 0. The minimum atomic E-state index is -1.21. The number of hydrogen-bond donors (Lipinski definition) is 2. The van der Waals surface area contributed by atoms with E-state index in [0.717, 1.165) is 6.07 Å². The minimum Gasteiger partial charge on any atom is -0.478 e. The molecule has 0 saturated heterocycles. The molecule has 0 amide bonds. The number of ether oxygens (including phenoxy) is 2. The molecule has 0 unspecified atom stereocenters. The van der Waals surface area contributed by atoms with Crippen molar-refractivity contribution in [3.8, 4) is 0 Å². The Bertz CT molecular complexity index is 477. The van der Waals surface area contributed by atoms with Gasteiger partial charge in [0.1, 0.15) is 5.69 Å². The Kier molecular flexibility index (Phi) is 6.41. The number of rotatable bonds is 9. The predicted octanol–water partition coefficient (Wildman–Crippen LogP) is 1.37. The molecule has 1 aromatic rings. The first kappa shape index (κ1) is 15.9. The summed E-state index contributed by atoms with van der Waals surface area (Å²) in [5.41, 5.74) is -0.143. The molecule has 2 N–H and O–H groups in total. The molecule has 8 heteroatoms. The van der Waals surface area contributed by atoms with E-state index in [1.54, 1.807) is 7.11 Å². The molecule has 0 atom stereocenters. The fraction of sp³-hybridized carbons (Fsp3) is 0.417. The summed E-state index contributed by atoms with van der Waals surface area (Å²) in [6, 6.07) is 3.70. The van der Waals surface area contributed by atoms with E-state index in [9.17, 15) is 14.9 Å². The summed E-state index contributed by atoms with van der Waals surface area (Å²) in [7, 11) is 1.56. The summed E-state index contributed by atoms with van der Waals surface area (Å²) < 4.78 is 10.0.